The van der Waals surface area contributed by atoms with Crippen molar-refractivity contribution in [2.24, 2.45) is 0 Å². The van der Waals surface area contributed by atoms with E-state index in [9.17, 15) is 26.4 Å². The van der Waals surface area contributed by atoms with Crippen LogP contribution >= 0.6 is 0 Å². The third-order valence-corrected chi connectivity index (χ3v) is 7.25. The second-order valence-corrected chi connectivity index (χ2v) is 9.25. The Kier molecular flexibility index (Phi) is 5.22. The average Bonchev–Trinajstić information content (AvgIpc) is 3.26. The van der Waals surface area contributed by atoms with E-state index in [1.165, 1.54) is 25.1 Å². The maximum absolute atomic E-state index is 15.0. The number of pyridine rings is 1. The Balaban J connectivity index is 1.89. The van der Waals surface area contributed by atoms with Gasteiger partial charge in [0.15, 0.2) is 5.82 Å². The molecule has 4 rings (SSSR count). The number of sulfonamides is 1. The van der Waals surface area contributed by atoms with Crippen molar-refractivity contribution in [3.05, 3.63) is 58.9 Å². The van der Waals surface area contributed by atoms with Crippen LogP contribution in [0.15, 0.2) is 35.2 Å². The Morgan fingerprint density at radius 1 is 1.06 bits per heavy atom. The molecule has 0 spiro atoms. The van der Waals surface area contributed by atoms with E-state index in [1.807, 2.05) is 0 Å². The number of benzene rings is 2. The molecule has 0 atom stereocenters. The third kappa shape index (κ3) is 3.55. The number of carboxylic acids is 1. The van der Waals surface area contributed by atoms with Gasteiger partial charge in [-0.05, 0) is 49.6 Å². The number of hydrogen-bond donors (Lipinski definition) is 1. The topological polar surface area (TPSA) is 87.6 Å². The van der Waals surface area contributed by atoms with E-state index in [4.69, 9.17) is 5.11 Å². The Hall–Kier alpha value is -2.98. The monoisotopic (exact) mass is 450 g/mol. The SMILES string of the molecule is Cc1c(F)c(-c2c(F)cc(S(=O)(=O)N3CCCC3)cc2F)nc2cc(C(=O)O)ccc12. The van der Waals surface area contributed by atoms with Gasteiger partial charge >= 0.3 is 5.97 Å². The van der Waals surface area contributed by atoms with Gasteiger partial charge in [0, 0.05) is 18.5 Å². The molecule has 2 heterocycles. The van der Waals surface area contributed by atoms with Crippen LogP contribution < -0.4 is 0 Å². The first kappa shape index (κ1) is 21.3. The minimum atomic E-state index is -4.08. The zero-order valence-electron chi connectivity index (χ0n) is 16.3. The summed E-state index contributed by atoms with van der Waals surface area (Å²) in [5.74, 6) is -4.78. The van der Waals surface area contributed by atoms with E-state index < -0.39 is 49.6 Å². The summed E-state index contributed by atoms with van der Waals surface area (Å²) in [7, 11) is -4.08. The fourth-order valence-electron chi connectivity index (χ4n) is 3.71. The molecule has 0 unspecified atom stereocenters. The molecule has 31 heavy (non-hydrogen) atoms. The number of nitrogens with zero attached hydrogens (tertiary/aromatic N) is 2. The minimum Gasteiger partial charge on any atom is -0.478 e. The summed E-state index contributed by atoms with van der Waals surface area (Å²) in [5, 5.41) is 9.45. The molecular formula is C21H17F3N2O4S. The molecule has 0 amide bonds. The van der Waals surface area contributed by atoms with Gasteiger partial charge in [-0.3, -0.25) is 0 Å². The Bertz CT molecular complexity index is 1310. The van der Waals surface area contributed by atoms with Crippen LogP contribution in [0.1, 0.15) is 28.8 Å². The van der Waals surface area contributed by atoms with E-state index in [0.29, 0.717) is 30.4 Å². The van der Waals surface area contributed by atoms with Crippen LogP contribution in [0.5, 0.6) is 0 Å². The summed E-state index contributed by atoms with van der Waals surface area (Å²) >= 11 is 0. The van der Waals surface area contributed by atoms with E-state index >= 15 is 0 Å². The summed E-state index contributed by atoms with van der Waals surface area (Å²) in [4.78, 5) is 14.6. The highest BCUT2D eigenvalue weighted by Gasteiger charge is 2.30. The summed E-state index contributed by atoms with van der Waals surface area (Å²) in [6, 6.07) is 5.13. The quantitative estimate of drug-likeness (QED) is 0.646. The number of halogens is 3. The normalized spacial score (nSPS) is 15.0. The third-order valence-electron chi connectivity index (χ3n) is 5.37. The van der Waals surface area contributed by atoms with E-state index in [0.717, 1.165) is 4.31 Å². The fourth-order valence-corrected chi connectivity index (χ4v) is 5.25. The molecule has 162 valence electrons. The summed E-state index contributed by atoms with van der Waals surface area (Å²) in [5.41, 5.74) is -1.52. The van der Waals surface area contributed by atoms with Gasteiger partial charge in [0.05, 0.1) is 21.5 Å². The number of aromatic carboxylic acids is 1. The van der Waals surface area contributed by atoms with Crippen LogP contribution in [0.4, 0.5) is 13.2 Å². The molecule has 6 nitrogen and oxygen atoms in total. The van der Waals surface area contributed by atoms with Crippen molar-refractivity contribution in [2.45, 2.75) is 24.7 Å². The molecule has 1 aliphatic rings. The number of carboxylic acid groups (broad SMARTS) is 1. The van der Waals surface area contributed by atoms with Crippen molar-refractivity contribution in [3.63, 3.8) is 0 Å². The van der Waals surface area contributed by atoms with Crippen LogP contribution in [0.25, 0.3) is 22.2 Å². The van der Waals surface area contributed by atoms with Gasteiger partial charge in [-0.2, -0.15) is 4.31 Å². The van der Waals surface area contributed by atoms with Crippen molar-refractivity contribution in [3.8, 4) is 11.3 Å². The molecule has 0 saturated carbocycles. The van der Waals surface area contributed by atoms with Crippen LogP contribution in [-0.4, -0.2) is 41.9 Å². The number of hydrogen-bond acceptors (Lipinski definition) is 4. The average molecular weight is 450 g/mol. The van der Waals surface area contributed by atoms with Crippen molar-refractivity contribution in [1.82, 2.24) is 9.29 Å². The summed E-state index contributed by atoms with van der Waals surface area (Å²) in [6.45, 7) is 1.91. The number of carbonyl (C=O) groups is 1. The van der Waals surface area contributed by atoms with Crippen LogP contribution in [0.2, 0.25) is 0 Å². The predicted molar refractivity (Wildman–Crippen MR) is 107 cm³/mol. The molecule has 1 aliphatic heterocycles. The molecule has 1 fully saturated rings. The van der Waals surface area contributed by atoms with Gasteiger partial charge in [0.2, 0.25) is 10.0 Å². The summed E-state index contributed by atoms with van der Waals surface area (Å²) < 4.78 is 71.2. The first-order chi connectivity index (χ1) is 14.6. The van der Waals surface area contributed by atoms with Gasteiger partial charge < -0.3 is 5.11 Å². The number of fused-ring (bicyclic) bond motifs is 1. The minimum absolute atomic E-state index is 0.0319. The molecule has 2 aromatic carbocycles. The van der Waals surface area contributed by atoms with Gasteiger partial charge in [-0.1, -0.05) is 6.07 Å². The predicted octanol–water partition coefficient (Wildman–Crippen LogP) is 4.11. The van der Waals surface area contributed by atoms with Gasteiger partial charge in [-0.15, -0.1) is 0 Å². The smallest absolute Gasteiger partial charge is 0.335 e. The first-order valence-corrected chi connectivity index (χ1v) is 10.9. The second kappa shape index (κ2) is 7.61. The molecule has 10 heteroatoms. The van der Waals surface area contributed by atoms with Crippen LogP contribution in [0, 0.1) is 24.4 Å². The molecular weight excluding hydrogens is 433 g/mol. The highest BCUT2D eigenvalue weighted by Crippen LogP contribution is 2.34. The largest absolute Gasteiger partial charge is 0.478 e. The second-order valence-electron chi connectivity index (χ2n) is 7.31. The lowest BCUT2D eigenvalue weighted by atomic mass is 10.0. The first-order valence-electron chi connectivity index (χ1n) is 9.44. The Morgan fingerprint density at radius 3 is 2.26 bits per heavy atom. The zero-order chi connectivity index (χ0) is 22.5. The van der Waals surface area contributed by atoms with Crippen molar-refractivity contribution in [1.29, 1.82) is 0 Å². The number of rotatable bonds is 4. The maximum Gasteiger partial charge on any atom is 0.335 e. The van der Waals surface area contributed by atoms with Crippen molar-refractivity contribution < 1.29 is 31.5 Å². The van der Waals surface area contributed by atoms with Gasteiger partial charge in [0.25, 0.3) is 0 Å². The molecule has 0 aliphatic carbocycles. The lowest BCUT2D eigenvalue weighted by Gasteiger charge is -2.17. The number of aromatic nitrogens is 1. The van der Waals surface area contributed by atoms with Crippen molar-refractivity contribution in [2.75, 3.05) is 13.1 Å². The molecule has 0 bridgehead atoms. The zero-order valence-corrected chi connectivity index (χ0v) is 17.1. The summed E-state index contributed by atoms with van der Waals surface area (Å²) in [6.07, 6.45) is 1.32. The van der Waals surface area contributed by atoms with E-state index in [1.54, 1.807) is 0 Å². The standard InChI is InChI=1S/C21H17F3N2O4S/c1-11-14-5-4-12(21(27)28)8-17(14)25-20(19(11)24)18-15(22)9-13(10-16(18)23)31(29,30)26-6-2-3-7-26/h4-5,8-10H,2-3,6-7H2,1H3,(H,27,28). The van der Waals surface area contributed by atoms with Gasteiger partial charge in [0.1, 0.15) is 17.3 Å². The molecule has 0 radical (unpaired) electrons. The highest BCUT2D eigenvalue weighted by molar-refractivity contribution is 7.89. The molecule has 1 saturated heterocycles. The highest BCUT2D eigenvalue weighted by atomic mass is 32.2. The lowest BCUT2D eigenvalue weighted by Crippen LogP contribution is -2.28. The van der Waals surface area contributed by atoms with Gasteiger partial charge in [-0.25, -0.2) is 31.4 Å². The van der Waals surface area contributed by atoms with Crippen LogP contribution in [0.3, 0.4) is 0 Å². The molecule has 1 aromatic heterocycles. The molecule has 3 aromatic rings. The van der Waals surface area contributed by atoms with Crippen LogP contribution in [-0.2, 0) is 10.0 Å². The van der Waals surface area contributed by atoms with E-state index in [2.05, 4.69) is 4.98 Å². The van der Waals surface area contributed by atoms with E-state index in [-0.39, 0.29) is 29.7 Å². The Labute approximate surface area is 176 Å². The Morgan fingerprint density at radius 2 is 1.68 bits per heavy atom. The van der Waals surface area contributed by atoms with Crippen molar-refractivity contribution >= 4 is 26.9 Å². The molecule has 1 N–H and O–H groups in total. The lowest BCUT2D eigenvalue weighted by molar-refractivity contribution is 0.0697. The fraction of sp³-hybridized carbons (Fsp3) is 0.238. The maximum atomic E-state index is 15.0. The number of aryl methyl sites for hydroxylation is 1.